The molecular weight excluding hydrogens is 418 g/mol. The van der Waals surface area contributed by atoms with Crippen LogP contribution >= 0.6 is 0 Å². The van der Waals surface area contributed by atoms with Crippen molar-refractivity contribution in [2.24, 2.45) is 23.7 Å². The molecule has 4 heterocycles. The van der Waals surface area contributed by atoms with E-state index in [2.05, 4.69) is 15.9 Å². The molecule has 4 aliphatic rings. The molecule has 1 aliphatic carbocycles. The number of hydrogen-bond acceptors (Lipinski definition) is 5. The van der Waals surface area contributed by atoms with Crippen molar-refractivity contribution in [3.63, 3.8) is 0 Å². The predicted molar refractivity (Wildman–Crippen MR) is 125 cm³/mol. The zero-order valence-electron chi connectivity index (χ0n) is 19.8. The van der Waals surface area contributed by atoms with E-state index in [-0.39, 0.29) is 23.4 Å². The SMILES string of the molecule is COC(=O)C[C@H]1CCN(C(=O)C2CCC2)C[C@@H]1CCN1C[C@H]2C[C@H](C1)c1cccc(=O)n1C2. The van der Waals surface area contributed by atoms with E-state index in [1.807, 2.05) is 10.6 Å². The van der Waals surface area contributed by atoms with Gasteiger partial charge in [0.15, 0.2) is 0 Å². The van der Waals surface area contributed by atoms with Gasteiger partial charge in [-0.05, 0) is 62.5 Å². The summed E-state index contributed by atoms with van der Waals surface area (Å²) < 4.78 is 6.95. The van der Waals surface area contributed by atoms with Crippen molar-refractivity contribution in [2.45, 2.75) is 57.4 Å². The molecule has 5 rings (SSSR count). The van der Waals surface area contributed by atoms with Gasteiger partial charge in [0.25, 0.3) is 5.56 Å². The number of pyridine rings is 1. The smallest absolute Gasteiger partial charge is 0.305 e. The van der Waals surface area contributed by atoms with E-state index < -0.39 is 0 Å². The Kier molecular flexibility index (Phi) is 6.59. The zero-order chi connectivity index (χ0) is 22.9. The maximum absolute atomic E-state index is 12.9. The maximum Gasteiger partial charge on any atom is 0.305 e. The molecule has 2 bridgehead atoms. The Labute approximate surface area is 196 Å². The summed E-state index contributed by atoms with van der Waals surface area (Å²) in [7, 11) is 1.46. The first-order chi connectivity index (χ1) is 16.0. The standard InChI is InChI=1S/C26H37N3O4/c1-33-25(31)13-20-9-11-28(26(32)19-4-2-5-19)17-21(20)8-10-27-14-18-12-22(16-27)23-6-3-7-24(30)29(23)15-18/h3,6-7,18-22H,2,4-5,8-17H2,1H3/t18-,20-,21+,22-/m1/s1. The summed E-state index contributed by atoms with van der Waals surface area (Å²) in [6, 6.07) is 5.67. The molecule has 1 saturated carbocycles. The summed E-state index contributed by atoms with van der Waals surface area (Å²) in [6.07, 6.45) is 6.74. The van der Waals surface area contributed by atoms with Gasteiger partial charge >= 0.3 is 5.97 Å². The fraction of sp³-hybridized carbons (Fsp3) is 0.731. The second-order valence-corrected chi connectivity index (χ2v) is 10.7. The third kappa shape index (κ3) is 4.75. The van der Waals surface area contributed by atoms with Crippen LogP contribution in [0.15, 0.2) is 23.0 Å². The number of ether oxygens (including phenoxy) is 1. The molecule has 7 nitrogen and oxygen atoms in total. The van der Waals surface area contributed by atoms with Gasteiger partial charge in [0.2, 0.25) is 5.91 Å². The van der Waals surface area contributed by atoms with Gasteiger partial charge in [0.05, 0.1) is 7.11 Å². The number of piperidine rings is 2. The molecule has 0 N–H and O–H groups in total. The molecule has 180 valence electrons. The molecule has 0 spiro atoms. The molecular formula is C26H37N3O4. The van der Waals surface area contributed by atoms with Crippen molar-refractivity contribution in [1.29, 1.82) is 0 Å². The summed E-state index contributed by atoms with van der Waals surface area (Å²) in [6.45, 7) is 5.36. The highest BCUT2D eigenvalue weighted by Crippen LogP contribution is 2.37. The summed E-state index contributed by atoms with van der Waals surface area (Å²) in [5.41, 5.74) is 1.31. The van der Waals surface area contributed by atoms with Crippen LogP contribution in [0, 0.1) is 23.7 Å². The first-order valence-corrected chi connectivity index (χ1v) is 12.8. The zero-order valence-corrected chi connectivity index (χ0v) is 19.8. The molecule has 7 heteroatoms. The summed E-state index contributed by atoms with van der Waals surface area (Å²) in [5, 5.41) is 0. The highest BCUT2D eigenvalue weighted by molar-refractivity contribution is 5.79. The van der Waals surface area contributed by atoms with E-state index in [1.54, 1.807) is 6.07 Å². The van der Waals surface area contributed by atoms with Gasteiger partial charge in [0, 0.05) is 62.7 Å². The fourth-order valence-corrected chi connectivity index (χ4v) is 6.61. The topological polar surface area (TPSA) is 71.8 Å². The van der Waals surface area contributed by atoms with Gasteiger partial charge in [-0.1, -0.05) is 12.5 Å². The van der Waals surface area contributed by atoms with Crippen LogP contribution in [0.4, 0.5) is 0 Å². The van der Waals surface area contributed by atoms with Crippen molar-refractivity contribution in [2.75, 3.05) is 39.8 Å². The van der Waals surface area contributed by atoms with E-state index >= 15 is 0 Å². The number of esters is 1. The number of nitrogens with zero attached hydrogens (tertiary/aromatic N) is 3. The van der Waals surface area contributed by atoms with Crippen LogP contribution in [0.3, 0.4) is 0 Å². The number of methoxy groups -OCH3 is 1. The minimum atomic E-state index is -0.140. The Morgan fingerprint density at radius 1 is 1.06 bits per heavy atom. The molecule has 1 amide bonds. The molecule has 2 saturated heterocycles. The number of amides is 1. The van der Waals surface area contributed by atoms with Gasteiger partial charge in [0.1, 0.15) is 0 Å². The largest absolute Gasteiger partial charge is 0.469 e. The van der Waals surface area contributed by atoms with Gasteiger partial charge < -0.3 is 19.1 Å². The third-order valence-electron chi connectivity index (χ3n) is 8.69. The molecule has 3 aliphatic heterocycles. The van der Waals surface area contributed by atoms with Crippen molar-refractivity contribution in [3.8, 4) is 0 Å². The number of carbonyl (C=O) groups is 2. The Morgan fingerprint density at radius 2 is 1.91 bits per heavy atom. The Bertz CT molecular complexity index is 940. The lowest BCUT2D eigenvalue weighted by atomic mass is 9.78. The van der Waals surface area contributed by atoms with Gasteiger partial charge in [-0.25, -0.2) is 0 Å². The highest BCUT2D eigenvalue weighted by Gasteiger charge is 2.38. The van der Waals surface area contributed by atoms with Crippen molar-refractivity contribution in [1.82, 2.24) is 14.4 Å². The van der Waals surface area contributed by atoms with Crippen LogP contribution in [0.5, 0.6) is 0 Å². The van der Waals surface area contributed by atoms with Crippen molar-refractivity contribution < 1.29 is 14.3 Å². The predicted octanol–water partition coefficient (Wildman–Crippen LogP) is 2.49. The Hall–Kier alpha value is -2.15. The lowest BCUT2D eigenvalue weighted by Gasteiger charge is -2.44. The lowest BCUT2D eigenvalue weighted by Crippen LogP contribution is -2.50. The molecule has 3 fully saturated rings. The Morgan fingerprint density at radius 3 is 2.67 bits per heavy atom. The second kappa shape index (κ2) is 9.61. The molecule has 4 atom stereocenters. The highest BCUT2D eigenvalue weighted by atomic mass is 16.5. The number of rotatable bonds is 6. The van der Waals surface area contributed by atoms with Crippen LogP contribution in [-0.2, 0) is 20.9 Å². The van der Waals surface area contributed by atoms with Crippen LogP contribution in [-0.4, -0.2) is 66.1 Å². The molecule has 0 aromatic carbocycles. The van der Waals surface area contributed by atoms with E-state index in [4.69, 9.17) is 4.74 Å². The summed E-state index contributed by atoms with van der Waals surface area (Å²) in [4.78, 5) is 41.9. The number of aromatic nitrogens is 1. The average Bonchev–Trinajstić information content (AvgIpc) is 2.77. The van der Waals surface area contributed by atoms with Crippen molar-refractivity contribution >= 4 is 11.9 Å². The first-order valence-electron chi connectivity index (χ1n) is 12.8. The first kappa shape index (κ1) is 22.6. The molecule has 33 heavy (non-hydrogen) atoms. The summed E-state index contributed by atoms with van der Waals surface area (Å²) >= 11 is 0. The second-order valence-electron chi connectivity index (χ2n) is 10.7. The summed E-state index contributed by atoms with van der Waals surface area (Å²) in [5.74, 6) is 1.97. The van der Waals surface area contributed by atoms with Gasteiger partial charge in [-0.15, -0.1) is 0 Å². The Balaban J connectivity index is 1.23. The number of hydrogen-bond donors (Lipinski definition) is 0. The van der Waals surface area contributed by atoms with E-state index in [9.17, 15) is 14.4 Å². The molecule has 0 unspecified atom stereocenters. The van der Waals surface area contributed by atoms with Crippen LogP contribution in [0.1, 0.15) is 56.6 Å². The van der Waals surface area contributed by atoms with Crippen LogP contribution in [0.2, 0.25) is 0 Å². The number of likely N-dealkylation sites (tertiary alicyclic amines) is 2. The van der Waals surface area contributed by atoms with Crippen molar-refractivity contribution in [3.05, 3.63) is 34.2 Å². The number of fused-ring (bicyclic) bond motifs is 4. The van der Waals surface area contributed by atoms with Crippen LogP contribution in [0.25, 0.3) is 0 Å². The molecule has 0 radical (unpaired) electrons. The van der Waals surface area contributed by atoms with Gasteiger partial charge in [-0.3, -0.25) is 14.4 Å². The fourth-order valence-electron chi connectivity index (χ4n) is 6.61. The lowest BCUT2D eigenvalue weighted by molar-refractivity contribution is -0.144. The molecule has 1 aromatic heterocycles. The minimum absolute atomic E-state index is 0.125. The average molecular weight is 456 g/mol. The van der Waals surface area contributed by atoms with E-state index in [0.717, 1.165) is 71.4 Å². The quantitative estimate of drug-likeness (QED) is 0.617. The van der Waals surface area contributed by atoms with Gasteiger partial charge in [-0.2, -0.15) is 0 Å². The minimum Gasteiger partial charge on any atom is -0.469 e. The third-order valence-corrected chi connectivity index (χ3v) is 8.69. The normalized spacial score (nSPS) is 29.8. The maximum atomic E-state index is 12.9. The number of carbonyl (C=O) groups excluding carboxylic acids is 2. The van der Waals surface area contributed by atoms with E-state index in [0.29, 0.717) is 30.1 Å². The monoisotopic (exact) mass is 455 g/mol. The molecule has 1 aromatic rings. The van der Waals surface area contributed by atoms with Crippen LogP contribution < -0.4 is 5.56 Å². The van der Waals surface area contributed by atoms with E-state index in [1.165, 1.54) is 19.2 Å².